The molecule has 1 aromatic rings. The van der Waals surface area contributed by atoms with Gasteiger partial charge in [-0.3, -0.25) is 4.57 Å². The van der Waals surface area contributed by atoms with Crippen molar-refractivity contribution < 1.29 is 10.2 Å². The molecule has 13 heavy (non-hydrogen) atoms. The number of hydrogen-bond donors (Lipinski definition) is 2. The van der Waals surface area contributed by atoms with Crippen LogP contribution in [0.25, 0.3) is 0 Å². The van der Waals surface area contributed by atoms with Crippen molar-refractivity contribution in [3.8, 4) is 11.8 Å². The maximum atomic E-state index is 9.74. The van der Waals surface area contributed by atoms with Crippen LogP contribution in [0.3, 0.4) is 0 Å². The van der Waals surface area contributed by atoms with E-state index in [0.717, 1.165) is 11.1 Å². The van der Waals surface area contributed by atoms with Gasteiger partial charge >= 0.3 is 0 Å². The summed E-state index contributed by atoms with van der Waals surface area (Å²) in [5, 5.41) is 19.5. The van der Waals surface area contributed by atoms with Crippen LogP contribution >= 0.6 is 0 Å². The van der Waals surface area contributed by atoms with Crippen molar-refractivity contribution >= 4 is 0 Å². The molecule has 74 valence electrons. The number of aromatic nitrogens is 1. The number of aromatic hydroxyl groups is 2. The molecule has 0 aromatic carbocycles. The molecule has 0 aliphatic rings. The maximum Gasteiger partial charge on any atom is 0.197 e. The Hall–Kier alpha value is -1.12. The van der Waals surface area contributed by atoms with Crippen LogP contribution in [0.15, 0.2) is 0 Å². The molecule has 0 fully saturated rings. The van der Waals surface area contributed by atoms with Crippen molar-refractivity contribution in [2.45, 2.75) is 40.2 Å². The van der Waals surface area contributed by atoms with Crippen LogP contribution in [0.5, 0.6) is 11.8 Å². The molecule has 0 aliphatic carbocycles. The van der Waals surface area contributed by atoms with Crippen LogP contribution in [-0.4, -0.2) is 14.8 Å². The lowest BCUT2D eigenvalue weighted by molar-refractivity contribution is 0.283. The highest BCUT2D eigenvalue weighted by atomic mass is 16.3. The zero-order valence-corrected chi connectivity index (χ0v) is 8.84. The fourth-order valence-corrected chi connectivity index (χ4v) is 1.41. The summed E-state index contributed by atoms with van der Waals surface area (Å²) >= 11 is 0. The van der Waals surface area contributed by atoms with Gasteiger partial charge in [-0.05, 0) is 34.6 Å². The lowest BCUT2D eigenvalue weighted by Gasteiger charge is -2.23. The minimum atomic E-state index is -0.298. The van der Waals surface area contributed by atoms with Crippen molar-refractivity contribution in [1.82, 2.24) is 4.57 Å². The molecule has 0 atom stereocenters. The highest BCUT2D eigenvalue weighted by Crippen LogP contribution is 2.37. The highest BCUT2D eigenvalue weighted by molar-refractivity contribution is 5.44. The predicted octanol–water partition coefficient (Wildman–Crippen LogP) is 2.27. The molecule has 0 amide bonds. The lowest BCUT2D eigenvalue weighted by Crippen LogP contribution is -2.20. The second-order valence-corrected chi connectivity index (χ2v) is 4.40. The Kier molecular flexibility index (Phi) is 2.06. The molecular weight excluding hydrogens is 166 g/mol. The van der Waals surface area contributed by atoms with Gasteiger partial charge in [-0.2, -0.15) is 0 Å². The van der Waals surface area contributed by atoms with E-state index in [1.165, 1.54) is 4.57 Å². The average molecular weight is 183 g/mol. The normalized spacial score (nSPS) is 12.1. The molecule has 2 N–H and O–H groups in total. The van der Waals surface area contributed by atoms with E-state index in [-0.39, 0.29) is 17.3 Å². The van der Waals surface area contributed by atoms with E-state index in [1.54, 1.807) is 13.8 Å². The summed E-state index contributed by atoms with van der Waals surface area (Å²) in [4.78, 5) is 0. The Morgan fingerprint density at radius 1 is 0.923 bits per heavy atom. The first-order chi connectivity index (χ1) is 5.76. The summed E-state index contributed by atoms with van der Waals surface area (Å²) < 4.78 is 1.54. The number of nitrogens with zero attached hydrogens (tertiary/aromatic N) is 1. The third kappa shape index (κ3) is 1.39. The van der Waals surface area contributed by atoms with E-state index >= 15 is 0 Å². The second-order valence-electron chi connectivity index (χ2n) is 4.40. The minimum absolute atomic E-state index is 0.155. The predicted molar refractivity (Wildman–Crippen MR) is 52.2 cm³/mol. The zero-order valence-electron chi connectivity index (χ0n) is 8.84. The van der Waals surface area contributed by atoms with Gasteiger partial charge in [0.25, 0.3) is 0 Å². The third-order valence-electron chi connectivity index (χ3n) is 2.33. The summed E-state index contributed by atoms with van der Waals surface area (Å²) in [5.41, 5.74) is 1.19. The summed E-state index contributed by atoms with van der Waals surface area (Å²) in [7, 11) is 0. The minimum Gasteiger partial charge on any atom is -0.494 e. The molecule has 1 rings (SSSR count). The van der Waals surface area contributed by atoms with Gasteiger partial charge in [0.05, 0.1) is 0 Å². The molecule has 0 unspecified atom stereocenters. The molecule has 1 heterocycles. The fourth-order valence-electron chi connectivity index (χ4n) is 1.41. The van der Waals surface area contributed by atoms with E-state index in [1.807, 2.05) is 20.8 Å². The van der Waals surface area contributed by atoms with Crippen molar-refractivity contribution in [1.29, 1.82) is 0 Å². The quantitative estimate of drug-likeness (QED) is 0.648. The van der Waals surface area contributed by atoms with E-state index in [2.05, 4.69) is 0 Å². The monoisotopic (exact) mass is 183 g/mol. The average Bonchev–Trinajstić information content (AvgIpc) is 2.14. The van der Waals surface area contributed by atoms with Crippen molar-refractivity contribution in [3.05, 3.63) is 11.1 Å². The molecule has 0 saturated heterocycles. The summed E-state index contributed by atoms with van der Waals surface area (Å²) in [5.74, 6) is 0.310. The van der Waals surface area contributed by atoms with E-state index < -0.39 is 0 Å². The number of hydrogen-bond acceptors (Lipinski definition) is 2. The van der Waals surface area contributed by atoms with Crippen LogP contribution in [0.1, 0.15) is 31.9 Å². The van der Waals surface area contributed by atoms with E-state index in [4.69, 9.17) is 0 Å². The van der Waals surface area contributed by atoms with Gasteiger partial charge in [0, 0.05) is 16.7 Å². The second kappa shape index (κ2) is 2.69. The molecule has 0 saturated carbocycles. The molecule has 0 bridgehead atoms. The van der Waals surface area contributed by atoms with Crippen LogP contribution in [0, 0.1) is 13.8 Å². The Bertz CT molecular complexity index is 306. The first-order valence-electron chi connectivity index (χ1n) is 4.37. The molecule has 3 nitrogen and oxygen atoms in total. The van der Waals surface area contributed by atoms with Gasteiger partial charge in [-0.25, -0.2) is 0 Å². The van der Waals surface area contributed by atoms with Crippen LogP contribution < -0.4 is 0 Å². The van der Waals surface area contributed by atoms with Crippen LogP contribution in [0.4, 0.5) is 0 Å². The van der Waals surface area contributed by atoms with Gasteiger partial charge in [0.2, 0.25) is 0 Å². The standard InChI is InChI=1S/C10H17NO2/c1-6-7(2)9(13)11(8(6)12)10(3,4)5/h12-13H,1-5H3. The van der Waals surface area contributed by atoms with E-state index in [0.29, 0.717) is 0 Å². The largest absolute Gasteiger partial charge is 0.494 e. The van der Waals surface area contributed by atoms with Gasteiger partial charge in [-0.15, -0.1) is 0 Å². The molecule has 3 heteroatoms. The smallest absolute Gasteiger partial charge is 0.197 e. The fraction of sp³-hybridized carbons (Fsp3) is 0.600. The van der Waals surface area contributed by atoms with Crippen LogP contribution in [0.2, 0.25) is 0 Å². The van der Waals surface area contributed by atoms with Crippen molar-refractivity contribution in [2.24, 2.45) is 0 Å². The third-order valence-corrected chi connectivity index (χ3v) is 2.33. The van der Waals surface area contributed by atoms with Crippen molar-refractivity contribution in [2.75, 3.05) is 0 Å². The first-order valence-corrected chi connectivity index (χ1v) is 4.37. The Labute approximate surface area is 78.6 Å². The van der Waals surface area contributed by atoms with Crippen LogP contribution in [-0.2, 0) is 5.54 Å². The molecule has 0 radical (unpaired) electrons. The summed E-state index contributed by atoms with van der Waals surface area (Å²) in [6.07, 6.45) is 0. The zero-order chi connectivity index (χ0) is 10.4. The summed E-state index contributed by atoms with van der Waals surface area (Å²) in [6, 6.07) is 0. The lowest BCUT2D eigenvalue weighted by atomic mass is 10.1. The summed E-state index contributed by atoms with van der Waals surface area (Å²) in [6.45, 7) is 9.40. The SMILES string of the molecule is Cc1c(C)c(O)n(C(C)(C)C)c1O. The molecule has 0 aliphatic heterocycles. The molecule has 0 spiro atoms. The van der Waals surface area contributed by atoms with Gasteiger partial charge in [-0.1, -0.05) is 0 Å². The van der Waals surface area contributed by atoms with E-state index in [9.17, 15) is 10.2 Å². The molecule has 1 aromatic heterocycles. The maximum absolute atomic E-state index is 9.74. The first kappa shape index (κ1) is 9.96. The Morgan fingerprint density at radius 3 is 1.38 bits per heavy atom. The van der Waals surface area contributed by atoms with Gasteiger partial charge < -0.3 is 10.2 Å². The Morgan fingerprint density at radius 2 is 1.23 bits per heavy atom. The topological polar surface area (TPSA) is 45.4 Å². The van der Waals surface area contributed by atoms with Gasteiger partial charge in [0.15, 0.2) is 11.8 Å². The van der Waals surface area contributed by atoms with Gasteiger partial charge in [0.1, 0.15) is 0 Å². The highest BCUT2D eigenvalue weighted by Gasteiger charge is 2.24. The van der Waals surface area contributed by atoms with Crippen molar-refractivity contribution in [3.63, 3.8) is 0 Å². The Balaban J connectivity index is 3.47. The number of rotatable bonds is 0. The molecular formula is C10H17NO2.